The van der Waals surface area contributed by atoms with Gasteiger partial charge in [0.2, 0.25) is 0 Å². The molecule has 0 fully saturated rings. The van der Waals surface area contributed by atoms with Gasteiger partial charge in [0.15, 0.2) is 6.61 Å². The molecule has 0 saturated heterocycles. The second-order valence-electron chi connectivity index (χ2n) is 6.78. The lowest BCUT2D eigenvalue weighted by Crippen LogP contribution is -2.20. The third-order valence-corrected chi connectivity index (χ3v) is 4.43. The van der Waals surface area contributed by atoms with E-state index in [4.69, 9.17) is 9.47 Å². The SMILES string of the molecule is COc1ccccc1NC(=O)COc1ccc(C=C(C#N)C(=O)Nc2ccc(O)cc2)cc1. The molecule has 0 aliphatic rings. The van der Waals surface area contributed by atoms with Gasteiger partial charge in [0, 0.05) is 5.69 Å². The molecule has 0 bridgehead atoms. The number of rotatable bonds is 8. The molecule has 166 valence electrons. The molecule has 3 aromatic carbocycles. The van der Waals surface area contributed by atoms with Crippen molar-refractivity contribution < 1.29 is 24.2 Å². The maximum atomic E-state index is 12.3. The fourth-order valence-electron chi connectivity index (χ4n) is 2.80. The molecule has 3 N–H and O–H groups in total. The van der Waals surface area contributed by atoms with Crippen LogP contribution < -0.4 is 20.1 Å². The number of ether oxygens (including phenoxy) is 2. The zero-order valence-electron chi connectivity index (χ0n) is 17.7. The molecular weight excluding hydrogens is 422 g/mol. The molecule has 0 saturated carbocycles. The van der Waals surface area contributed by atoms with Crippen molar-refractivity contribution in [3.8, 4) is 23.3 Å². The average Bonchev–Trinajstić information content (AvgIpc) is 2.83. The van der Waals surface area contributed by atoms with Crippen molar-refractivity contribution in [1.82, 2.24) is 0 Å². The zero-order chi connectivity index (χ0) is 23.6. The van der Waals surface area contributed by atoms with E-state index >= 15 is 0 Å². The van der Waals surface area contributed by atoms with Gasteiger partial charge < -0.3 is 25.2 Å². The van der Waals surface area contributed by atoms with Crippen molar-refractivity contribution in [3.05, 3.63) is 83.9 Å². The van der Waals surface area contributed by atoms with Crippen LogP contribution in [0.25, 0.3) is 6.08 Å². The second kappa shape index (κ2) is 11.0. The van der Waals surface area contributed by atoms with Crippen LogP contribution in [0.15, 0.2) is 78.4 Å². The lowest BCUT2D eigenvalue weighted by molar-refractivity contribution is -0.118. The number of benzene rings is 3. The van der Waals surface area contributed by atoms with Gasteiger partial charge in [0.25, 0.3) is 11.8 Å². The summed E-state index contributed by atoms with van der Waals surface area (Å²) in [5, 5.41) is 24.0. The van der Waals surface area contributed by atoms with E-state index in [-0.39, 0.29) is 23.8 Å². The third kappa shape index (κ3) is 6.60. The highest BCUT2D eigenvalue weighted by Crippen LogP contribution is 2.23. The predicted molar refractivity (Wildman–Crippen MR) is 124 cm³/mol. The Kier molecular flexibility index (Phi) is 7.65. The highest BCUT2D eigenvalue weighted by molar-refractivity contribution is 6.09. The summed E-state index contributed by atoms with van der Waals surface area (Å²) in [6.07, 6.45) is 1.44. The first-order valence-electron chi connectivity index (χ1n) is 9.86. The van der Waals surface area contributed by atoms with Crippen LogP contribution in [0.2, 0.25) is 0 Å². The standard InChI is InChI=1S/C25H21N3O5/c1-32-23-5-3-2-4-22(23)28-24(30)16-33-21-12-6-17(7-13-21)14-18(15-26)25(31)27-19-8-10-20(29)11-9-19/h2-14,29H,16H2,1H3,(H,27,31)(H,28,30). The quantitative estimate of drug-likeness (QED) is 0.275. The van der Waals surface area contributed by atoms with Crippen molar-refractivity contribution in [3.63, 3.8) is 0 Å². The minimum Gasteiger partial charge on any atom is -0.508 e. The number of phenolic OH excluding ortho intramolecular Hbond substituents is 1. The molecule has 0 aliphatic heterocycles. The fourth-order valence-corrected chi connectivity index (χ4v) is 2.80. The van der Waals surface area contributed by atoms with Gasteiger partial charge in [-0.1, -0.05) is 24.3 Å². The van der Waals surface area contributed by atoms with Gasteiger partial charge in [-0.2, -0.15) is 5.26 Å². The summed E-state index contributed by atoms with van der Waals surface area (Å²) < 4.78 is 10.7. The zero-order valence-corrected chi connectivity index (χ0v) is 17.7. The van der Waals surface area contributed by atoms with Gasteiger partial charge in [-0.3, -0.25) is 9.59 Å². The van der Waals surface area contributed by atoms with Crippen LogP contribution in [-0.2, 0) is 9.59 Å². The van der Waals surface area contributed by atoms with Crippen molar-refractivity contribution >= 4 is 29.3 Å². The summed E-state index contributed by atoms with van der Waals surface area (Å²) in [5.41, 5.74) is 1.52. The van der Waals surface area contributed by atoms with Crippen LogP contribution in [-0.4, -0.2) is 30.6 Å². The highest BCUT2D eigenvalue weighted by Gasteiger charge is 2.10. The van der Waals surface area contributed by atoms with Crippen molar-refractivity contribution in [2.24, 2.45) is 0 Å². The molecule has 3 rings (SSSR count). The summed E-state index contributed by atoms with van der Waals surface area (Å²) in [7, 11) is 1.52. The largest absolute Gasteiger partial charge is 0.508 e. The molecular formula is C25H21N3O5. The minimum absolute atomic E-state index is 0.0728. The van der Waals surface area contributed by atoms with Gasteiger partial charge in [-0.05, 0) is 60.2 Å². The lowest BCUT2D eigenvalue weighted by atomic mass is 10.1. The van der Waals surface area contributed by atoms with E-state index in [1.165, 1.54) is 37.5 Å². The van der Waals surface area contributed by atoms with Crippen LogP contribution in [0, 0.1) is 11.3 Å². The van der Waals surface area contributed by atoms with Crippen molar-refractivity contribution in [2.45, 2.75) is 0 Å². The molecule has 2 amide bonds. The number of nitriles is 1. The number of carbonyl (C=O) groups is 2. The van der Waals surface area contributed by atoms with E-state index in [1.807, 2.05) is 6.07 Å². The lowest BCUT2D eigenvalue weighted by Gasteiger charge is -2.10. The van der Waals surface area contributed by atoms with E-state index in [0.717, 1.165) is 0 Å². The maximum Gasteiger partial charge on any atom is 0.266 e. The minimum atomic E-state index is -0.573. The molecule has 0 unspecified atom stereocenters. The Balaban J connectivity index is 1.57. The third-order valence-electron chi connectivity index (χ3n) is 4.43. The van der Waals surface area contributed by atoms with E-state index in [9.17, 15) is 20.0 Å². The number of phenols is 1. The number of methoxy groups -OCH3 is 1. The van der Waals surface area contributed by atoms with E-state index < -0.39 is 5.91 Å². The number of anilines is 2. The summed E-state index contributed by atoms with van der Waals surface area (Å²) in [4.78, 5) is 24.5. The van der Waals surface area contributed by atoms with Gasteiger partial charge in [0.1, 0.15) is 28.9 Å². The summed E-state index contributed by atoms with van der Waals surface area (Å²) in [5.74, 6) is 0.153. The molecule has 8 nitrogen and oxygen atoms in total. The van der Waals surface area contributed by atoms with Gasteiger partial charge in [0.05, 0.1) is 12.8 Å². The molecule has 0 atom stereocenters. The number of carbonyl (C=O) groups excluding carboxylic acids is 2. The molecule has 3 aromatic rings. The van der Waals surface area contributed by atoms with E-state index in [0.29, 0.717) is 28.4 Å². The Labute approximate surface area is 190 Å². The van der Waals surface area contributed by atoms with Gasteiger partial charge in [-0.15, -0.1) is 0 Å². The molecule has 33 heavy (non-hydrogen) atoms. The van der Waals surface area contributed by atoms with Crippen molar-refractivity contribution in [2.75, 3.05) is 24.4 Å². The highest BCUT2D eigenvalue weighted by atomic mass is 16.5. The van der Waals surface area contributed by atoms with Crippen LogP contribution in [0.3, 0.4) is 0 Å². The maximum absolute atomic E-state index is 12.3. The smallest absolute Gasteiger partial charge is 0.266 e. The average molecular weight is 443 g/mol. The fraction of sp³-hybridized carbons (Fsp3) is 0.0800. The molecule has 0 radical (unpaired) electrons. The first kappa shape index (κ1) is 22.9. The van der Waals surface area contributed by atoms with Crippen LogP contribution in [0.4, 0.5) is 11.4 Å². The van der Waals surface area contributed by atoms with Gasteiger partial charge >= 0.3 is 0 Å². The van der Waals surface area contributed by atoms with Crippen LogP contribution in [0.1, 0.15) is 5.56 Å². The van der Waals surface area contributed by atoms with Crippen LogP contribution in [0.5, 0.6) is 17.2 Å². The number of hydrogen-bond donors (Lipinski definition) is 3. The Morgan fingerprint density at radius 3 is 2.36 bits per heavy atom. The molecule has 0 aliphatic carbocycles. The first-order chi connectivity index (χ1) is 16.0. The van der Waals surface area contributed by atoms with E-state index in [1.54, 1.807) is 48.5 Å². The second-order valence-corrected chi connectivity index (χ2v) is 6.78. The topological polar surface area (TPSA) is 121 Å². The summed E-state index contributed by atoms with van der Waals surface area (Å²) >= 11 is 0. The first-order valence-corrected chi connectivity index (χ1v) is 9.86. The van der Waals surface area contributed by atoms with E-state index in [2.05, 4.69) is 10.6 Å². The number of para-hydroxylation sites is 2. The molecule has 0 heterocycles. The number of hydrogen-bond acceptors (Lipinski definition) is 6. The number of nitrogens with one attached hydrogen (secondary N) is 2. The number of nitrogens with zero attached hydrogens (tertiary/aromatic N) is 1. The number of amides is 2. The Morgan fingerprint density at radius 1 is 1.00 bits per heavy atom. The van der Waals surface area contributed by atoms with Gasteiger partial charge in [-0.25, -0.2) is 0 Å². The molecule has 8 heteroatoms. The molecule has 0 aromatic heterocycles. The van der Waals surface area contributed by atoms with Crippen molar-refractivity contribution in [1.29, 1.82) is 5.26 Å². The number of aromatic hydroxyl groups is 1. The monoisotopic (exact) mass is 443 g/mol. The normalized spacial score (nSPS) is 10.6. The Morgan fingerprint density at radius 2 is 1.70 bits per heavy atom. The summed E-state index contributed by atoms with van der Waals surface area (Å²) in [6, 6.07) is 21.4. The van der Waals surface area contributed by atoms with Crippen LogP contribution >= 0.6 is 0 Å². The Bertz CT molecular complexity index is 1200. The predicted octanol–water partition coefficient (Wildman–Crippen LogP) is 3.96. The molecule has 0 spiro atoms. The summed E-state index contributed by atoms with van der Waals surface area (Å²) in [6.45, 7) is -0.203. The Hall–Kier alpha value is -4.77.